The quantitative estimate of drug-likeness (QED) is 0.433. The van der Waals surface area contributed by atoms with Crippen molar-refractivity contribution in [3.8, 4) is 0 Å². The number of cyclic esters (lactones) is 1. The van der Waals surface area contributed by atoms with Gasteiger partial charge in [-0.1, -0.05) is 13.8 Å². The average molecular weight is 173 g/mol. The molecule has 1 aliphatic rings. The van der Waals surface area contributed by atoms with Gasteiger partial charge in [-0.25, -0.2) is 4.79 Å². The van der Waals surface area contributed by atoms with Gasteiger partial charge in [-0.15, -0.1) is 0 Å². The maximum atomic E-state index is 11.1. The predicted molar refractivity (Wildman–Crippen MR) is 45.1 cm³/mol. The van der Waals surface area contributed by atoms with Crippen LogP contribution in [0.5, 0.6) is 0 Å². The summed E-state index contributed by atoms with van der Waals surface area (Å²) in [4.78, 5) is 12.8. The van der Waals surface area contributed by atoms with Gasteiger partial charge in [-0.2, -0.15) is 0 Å². The van der Waals surface area contributed by atoms with Crippen molar-refractivity contribution in [1.82, 2.24) is 4.90 Å². The van der Waals surface area contributed by atoms with Gasteiger partial charge in [0.05, 0.1) is 0 Å². The van der Waals surface area contributed by atoms with Crippen LogP contribution in [0, 0.1) is 5.92 Å². The number of hydrogen-bond donors (Lipinski definition) is 0. The number of ether oxygens (including phenoxy) is 1. The molecular weight excluding hydrogens is 162 g/mol. The first-order valence-corrected chi connectivity index (χ1v) is 3.93. The van der Waals surface area contributed by atoms with E-state index < -0.39 is 0 Å². The first kappa shape index (κ1) is 8.46. The Morgan fingerprint density at radius 3 is 2.36 bits per heavy atom. The molecule has 0 amide bonds. The van der Waals surface area contributed by atoms with Crippen molar-refractivity contribution in [3.63, 3.8) is 0 Å². The Kier molecular flexibility index (Phi) is 2.13. The molecule has 1 aliphatic heterocycles. The Morgan fingerprint density at radius 2 is 2.18 bits per heavy atom. The van der Waals surface area contributed by atoms with Gasteiger partial charge in [-0.05, 0) is 18.1 Å². The highest BCUT2D eigenvalue weighted by atomic mass is 32.1. The van der Waals surface area contributed by atoms with Crippen LogP contribution in [-0.4, -0.2) is 29.1 Å². The molecule has 0 aliphatic carbocycles. The van der Waals surface area contributed by atoms with Crippen molar-refractivity contribution in [1.29, 1.82) is 0 Å². The topological polar surface area (TPSA) is 29.5 Å². The Balaban J connectivity index is 2.79. The Bertz CT molecular complexity index is 203. The van der Waals surface area contributed by atoms with E-state index in [4.69, 9.17) is 17.0 Å². The molecule has 11 heavy (non-hydrogen) atoms. The van der Waals surface area contributed by atoms with Crippen molar-refractivity contribution in [3.05, 3.63) is 0 Å². The molecule has 1 fully saturated rings. The smallest absolute Gasteiger partial charge is 0.336 e. The van der Waals surface area contributed by atoms with Crippen molar-refractivity contribution < 1.29 is 9.53 Å². The molecule has 1 heterocycles. The van der Waals surface area contributed by atoms with E-state index in [2.05, 4.69) is 0 Å². The number of rotatable bonds is 1. The molecule has 1 atom stereocenters. The fraction of sp³-hybridized carbons (Fsp3) is 0.714. The monoisotopic (exact) mass is 173 g/mol. The largest absolute Gasteiger partial charge is 0.397 e. The van der Waals surface area contributed by atoms with Crippen molar-refractivity contribution in [2.75, 3.05) is 7.05 Å². The van der Waals surface area contributed by atoms with E-state index in [1.165, 1.54) is 0 Å². The molecule has 0 aromatic rings. The molecule has 0 spiro atoms. The highest BCUT2D eigenvalue weighted by Gasteiger charge is 2.37. The van der Waals surface area contributed by atoms with Crippen LogP contribution in [-0.2, 0) is 9.53 Å². The van der Waals surface area contributed by atoms with Crippen LogP contribution in [0.2, 0.25) is 0 Å². The summed E-state index contributed by atoms with van der Waals surface area (Å²) in [6, 6.07) is -0.192. The Morgan fingerprint density at radius 1 is 1.64 bits per heavy atom. The van der Waals surface area contributed by atoms with E-state index >= 15 is 0 Å². The van der Waals surface area contributed by atoms with Crippen molar-refractivity contribution in [2.24, 2.45) is 5.92 Å². The number of hydrogen-bond acceptors (Lipinski definition) is 3. The SMILES string of the molecule is CC(C)[C@H]1C(=O)OC(=S)N1C. The molecule has 0 radical (unpaired) electrons. The van der Waals surface area contributed by atoms with E-state index in [0.29, 0.717) is 0 Å². The lowest BCUT2D eigenvalue weighted by atomic mass is 10.1. The van der Waals surface area contributed by atoms with Gasteiger partial charge in [0.15, 0.2) is 0 Å². The molecule has 0 unspecified atom stereocenters. The van der Waals surface area contributed by atoms with E-state index in [1.807, 2.05) is 13.8 Å². The maximum Gasteiger partial charge on any atom is 0.336 e. The van der Waals surface area contributed by atoms with Crippen LogP contribution in [0.1, 0.15) is 13.8 Å². The van der Waals surface area contributed by atoms with E-state index in [9.17, 15) is 4.79 Å². The van der Waals surface area contributed by atoms with E-state index in [-0.39, 0.29) is 23.1 Å². The summed E-state index contributed by atoms with van der Waals surface area (Å²) in [6.07, 6.45) is 0. The van der Waals surface area contributed by atoms with Crippen LogP contribution < -0.4 is 0 Å². The number of carbonyl (C=O) groups excluding carboxylic acids is 1. The van der Waals surface area contributed by atoms with Crippen LogP contribution in [0.3, 0.4) is 0 Å². The number of nitrogens with zero attached hydrogens (tertiary/aromatic N) is 1. The summed E-state index contributed by atoms with van der Waals surface area (Å²) in [6.45, 7) is 3.94. The second-order valence-corrected chi connectivity index (χ2v) is 3.34. The highest BCUT2D eigenvalue weighted by molar-refractivity contribution is 7.80. The molecular formula is C7H11NO2S. The zero-order valence-electron chi connectivity index (χ0n) is 6.83. The summed E-state index contributed by atoms with van der Waals surface area (Å²) in [5, 5.41) is 0.286. The second kappa shape index (κ2) is 2.77. The maximum absolute atomic E-state index is 11.1. The molecule has 0 N–H and O–H groups in total. The summed E-state index contributed by atoms with van der Waals surface area (Å²) < 4.78 is 4.77. The van der Waals surface area contributed by atoms with Gasteiger partial charge < -0.3 is 9.64 Å². The lowest BCUT2D eigenvalue weighted by Gasteiger charge is -2.18. The molecule has 0 aromatic carbocycles. The van der Waals surface area contributed by atoms with Crippen LogP contribution in [0.4, 0.5) is 0 Å². The number of thiocarbonyl (C=S) groups is 1. The zero-order chi connectivity index (χ0) is 8.59. The third-order valence-corrected chi connectivity index (χ3v) is 2.14. The number of likely N-dealkylation sites (N-methyl/N-ethyl adjacent to an activating group) is 1. The van der Waals surface area contributed by atoms with Gasteiger partial charge in [-0.3, -0.25) is 0 Å². The van der Waals surface area contributed by atoms with Crippen molar-refractivity contribution >= 4 is 23.4 Å². The zero-order valence-corrected chi connectivity index (χ0v) is 7.64. The lowest BCUT2D eigenvalue weighted by molar-refractivity contribution is -0.136. The molecule has 4 heteroatoms. The van der Waals surface area contributed by atoms with E-state index in [1.54, 1.807) is 11.9 Å². The van der Waals surface area contributed by atoms with Gasteiger partial charge in [0.2, 0.25) is 0 Å². The predicted octanol–water partition coefficient (Wildman–Crippen LogP) is 0.784. The normalized spacial score (nSPS) is 24.7. The van der Waals surface area contributed by atoms with Gasteiger partial charge >= 0.3 is 5.97 Å². The first-order chi connectivity index (χ1) is 5.04. The summed E-state index contributed by atoms with van der Waals surface area (Å²) in [5.74, 6) is 0.0143. The van der Waals surface area contributed by atoms with E-state index in [0.717, 1.165) is 0 Å². The third-order valence-electron chi connectivity index (χ3n) is 1.77. The molecule has 1 rings (SSSR count). The summed E-state index contributed by atoms with van der Waals surface area (Å²) >= 11 is 4.80. The molecule has 1 saturated heterocycles. The minimum Gasteiger partial charge on any atom is -0.397 e. The lowest BCUT2D eigenvalue weighted by Crippen LogP contribution is -2.35. The fourth-order valence-corrected chi connectivity index (χ4v) is 1.41. The van der Waals surface area contributed by atoms with Gasteiger partial charge in [0, 0.05) is 7.05 Å². The van der Waals surface area contributed by atoms with Crippen LogP contribution in [0.25, 0.3) is 0 Å². The molecule has 0 saturated carbocycles. The molecule has 0 bridgehead atoms. The first-order valence-electron chi connectivity index (χ1n) is 3.52. The minimum absolute atomic E-state index is 0.192. The Hall–Kier alpha value is -0.640. The van der Waals surface area contributed by atoms with Crippen LogP contribution >= 0.6 is 12.2 Å². The number of esters is 1. The number of carbonyl (C=O) groups is 1. The van der Waals surface area contributed by atoms with Crippen molar-refractivity contribution in [2.45, 2.75) is 19.9 Å². The standard InChI is InChI=1S/C7H11NO2S/c1-4(2)5-6(9)10-7(11)8(5)3/h4-5H,1-3H3/t5-/m0/s1. The third kappa shape index (κ3) is 1.35. The molecule has 0 aromatic heterocycles. The van der Waals surface area contributed by atoms with Gasteiger partial charge in [0.1, 0.15) is 6.04 Å². The summed E-state index contributed by atoms with van der Waals surface area (Å²) in [5.41, 5.74) is 0. The van der Waals surface area contributed by atoms with Crippen LogP contribution in [0.15, 0.2) is 0 Å². The van der Waals surface area contributed by atoms with Gasteiger partial charge in [0.25, 0.3) is 5.17 Å². The molecule has 3 nitrogen and oxygen atoms in total. The fourth-order valence-electron chi connectivity index (χ4n) is 1.21. The average Bonchev–Trinajstić information content (AvgIpc) is 2.07. The minimum atomic E-state index is -0.229. The second-order valence-electron chi connectivity index (χ2n) is 2.99. The summed E-state index contributed by atoms with van der Waals surface area (Å²) in [7, 11) is 1.78. The molecule has 62 valence electrons. The highest BCUT2D eigenvalue weighted by Crippen LogP contribution is 2.18. The Labute approximate surface area is 71.3 Å².